The minimum Gasteiger partial charge on any atom is -0.496 e. The molecule has 1 rings (SSSR count). The van der Waals surface area contributed by atoms with Gasteiger partial charge in [-0.2, -0.15) is 0 Å². The van der Waals surface area contributed by atoms with Crippen LogP contribution in [0.4, 0.5) is 0 Å². The molecule has 0 aromatic heterocycles. The van der Waals surface area contributed by atoms with Crippen LogP contribution in [0.15, 0.2) is 18.2 Å². The molecule has 0 amide bonds. The Hall–Kier alpha value is -1.06. The largest absolute Gasteiger partial charge is 0.496 e. The summed E-state index contributed by atoms with van der Waals surface area (Å²) < 4.78 is 5.34. The van der Waals surface area contributed by atoms with Crippen molar-refractivity contribution >= 4 is 0 Å². The van der Waals surface area contributed by atoms with E-state index >= 15 is 0 Å². The number of ether oxygens (including phenoxy) is 1. The van der Waals surface area contributed by atoms with Gasteiger partial charge >= 0.3 is 0 Å². The summed E-state index contributed by atoms with van der Waals surface area (Å²) in [5, 5.41) is 12.7. The normalized spacial score (nSPS) is 12.8. The molecule has 0 aliphatic rings. The second kappa shape index (κ2) is 7.39. The first-order chi connectivity index (χ1) is 8.58. The van der Waals surface area contributed by atoms with Gasteiger partial charge in [-0.15, -0.1) is 0 Å². The summed E-state index contributed by atoms with van der Waals surface area (Å²) in [5.74, 6) is 1.71. The predicted molar refractivity (Wildman–Crippen MR) is 74.9 cm³/mol. The number of hydrogen-bond donors (Lipinski definition) is 2. The zero-order valence-corrected chi connectivity index (χ0v) is 11.9. The Morgan fingerprint density at radius 2 is 2.06 bits per heavy atom. The molecule has 1 unspecified atom stereocenters. The van der Waals surface area contributed by atoms with Crippen molar-refractivity contribution in [2.45, 2.75) is 27.3 Å². The molecule has 0 radical (unpaired) electrons. The number of benzene rings is 1. The lowest BCUT2D eigenvalue weighted by Gasteiger charge is -2.19. The highest BCUT2D eigenvalue weighted by molar-refractivity contribution is 5.36. The minimum absolute atomic E-state index is 0.232. The van der Waals surface area contributed by atoms with Gasteiger partial charge < -0.3 is 15.2 Å². The van der Waals surface area contributed by atoms with Crippen LogP contribution < -0.4 is 10.1 Å². The first-order valence-electron chi connectivity index (χ1n) is 6.53. The highest BCUT2D eigenvalue weighted by Gasteiger charge is 2.12. The van der Waals surface area contributed by atoms with Crippen LogP contribution in [0, 0.1) is 18.8 Å². The van der Waals surface area contributed by atoms with E-state index in [4.69, 9.17) is 4.74 Å². The summed E-state index contributed by atoms with van der Waals surface area (Å²) >= 11 is 0. The molecule has 18 heavy (non-hydrogen) atoms. The molecule has 0 fully saturated rings. The third kappa shape index (κ3) is 4.31. The zero-order valence-electron chi connectivity index (χ0n) is 11.9. The Morgan fingerprint density at radius 3 is 2.61 bits per heavy atom. The predicted octanol–water partition coefficient (Wildman–Crippen LogP) is 2.36. The van der Waals surface area contributed by atoms with Crippen molar-refractivity contribution in [2.24, 2.45) is 11.8 Å². The summed E-state index contributed by atoms with van der Waals surface area (Å²) in [6, 6.07) is 6.18. The molecule has 3 nitrogen and oxygen atoms in total. The zero-order chi connectivity index (χ0) is 13.5. The fraction of sp³-hybridized carbons (Fsp3) is 0.600. The minimum atomic E-state index is 0.232. The lowest BCUT2D eigenvalue weighted by Crippen LogP contribution is -2.28. The molecule has 102 valence electrons. The fourth-order valence-electron chi connectivity index (χ4n) is 1.95. The van der Waals surface area contributed by atoms with Crippen molar-refractivity contribution < 1.29 is 9.84 Å². The smallest absolute Gasteiger partial charge is 0.123 e. The third-order valence-electron chi connectivity index (χ3n) is 3.34. The molecule has 1 atom stereocenters. The van der Waals surface area contributed by atoms with Crippen molar-refractivity contribution in [3.05, 3.63) is 29.3 Å². The van der Waals surface area contributed by atoms with E-state index in [2.05, 4.69) is 32.2 Å². The fourth-order valence-corrected chi connectivity index (χ4v) is 1.95. The number of aryl methyl sites for hydroxylation is 1. The Labute approximate surface area is 110 Å². The Bertz CT molecular complexity index is 364. The van der Waals surface area contributed by atoms with Crippen molar-refractivity contribution in [1.82, 2.24) is 5.32 Å². The third-order valence-corrected chi connectivity index (χ3v) is 3.34. The average Bonchev–Trinajstić information content (AvgIpc) is 2.34. The SMILES string of the molecule is COc1ccc(C)cc1CNCC(CO)C(C)C. The quantitative estimate of drug-likeness (QED) is 0.781. The van der Waals surface area contributed by atoms with Crippen molar-refractivity contribution in [1.29, 1.82) is 0 Å². The van der Waals surface area contributed by atoms with Gasteiger partial charge in [-0.3, -0.25) is 0 Å². The van der Waals surface area contributed by atoms with Gasteiger partial charge in [-0.05, 0) is 24.8 Å². The second-order valence-electron chi connectivity index (χ2n) is 5.13. The van der Waals surface area contributed by atoms with Crippen molar-refractivity contribution in [2.75, 3.05) is 20.3 Å². The lowest BCUT2D eigenvalue weighted by atomic mass is 9.97. The summed E-state index contributed by atoms with van der Waals surface area (Å²) in [7, 11) is 1.69. The van der Waals surface area contributed by atoms with Gasteiger partial charge in [0.05, 0.1) is 7.11 Å². The first kappa shape index (κ1) is 15.0. The van der Waals surface area contributed by atoms with Crippen LogP contribution in [0.25, 0.3) is 0 Å². The standard InChI is InChI=1S/C15H25NO2/c1-11(2)14(10-17)9-16-8-13-7-12(3)5-6-15(13)18-4/h5-7,11,14,16-17H,8-10H2,1-4H3. The molecule has 1 aromatic carbocycles. The Balaban J connectivity index is 2.55. The molecule has 0 saturated heterocycles. The number of aliphatic hydroxyl groups excluding tert-OH is 1. The van der Waals surface area contributed by atoms with Gasteiger partial charge in [0, 0.05) is 25.3 Å². The van der Waals surface area contributed by atoms with E-state index in [1.54, 1.807) is 7.11 Å². The average molecular weight is 251 g/mol. The van der Waals surface area contributed by atoms with Crippen LogP contribution in [0.2, 0.25) is 0 Å². The maximum Gasteiger partial charge on any atom is 0.123 e. The first-order valence-corrected chi connectivity index (χ1v) is 6.53. The Kier molecular flexibility index (Phi) is 6.16. The maximum atomic E-state index is 9.27. The summed E-state index contributed by atoms with van der Waals surface area (Å²) in [4.78, 5) is 0. The molecule has 2 N–H and O–H groups in total. The summed E-state index contributed by atoms with van der Waals surface area (Å²) in [6.07, 6.45) is 0. The second-order valence-corrected chi connectivity index (χ2v) is 5.13. The van der Waals surface area contributed by atoms with Crippen molar-refractivity contribution in [3.8, 4) is 5.75 Å². The van der Waals surface area contributed by atoms with Crippen LogP contribution in [0.3, 0.4) is 0 Å². The molecule has 0 aliphatic heterocycles. The van der Waals surface area contributed by atoms with E-state index in [1.165, 1.54) is 5.56 Å². The van der Waals surface area contributed by atoms with E-state index in [-0.39, 0.29) is 6.61 Å². The van der Waals surface area contributed by atoms with Crippen LogP contribution >= 0.6 is 0 Å². The van der Waals surface area contributed by atoms with Crippen molar-refractivity contribution in [3.63, 3.8) is 0 Å². The van der Waals surface area contributed by atoms with Crippen LogP contribution in [-0.2, 0) is 6.54 Å². The molecular formula is C15H25NO2. The van der Waals surface area contributed by atoms with E-state index < -0.39 is 0 Å². The van der Waals surface area contributed by atoms with Gasteiger partial charge in [0.2, 0.25) is 0 Å². The molecule has 0 bridgehead atoms. The molecule has 0 spiro atoms. The van der Waals surface area contributed by atoms with Gasteiger partial charge in [0.15, 0.2) is 0 Å². The van der Waals surface area contributed by atoms with E-state index in [1.807, 2.05) is 12.1 Å². The molecule has 0 saturated carbocycles. The number of methoxy groups -OCH3 is 1. The number of rotatable bonds is 7. The van der Waals surface area contributed by atoms with E-state index in [0.717, 1.165) is 24.4 Å². The van der Waals surface area contributed by atoms with Crippen LogP contribution in [-0.4, -0.2) is 25.4 Å². The summed E-state index contributed by atoms with van der Waals surface area (Å²) in [6.45, 7) is 8.17. The molecular weight excluding hydrogens is 226 g/mol. The highest BCUT2D eigenvalue weighted by Crippen LogP contribution is 2.19. The van der Waals surface area contributed by atoms with Gasteiger partial charge in [-0.25, -0.2) is 0 Å². The van der Waals surface area contributed by atoms with Gasteiger partial charge in [0.1, 0.15) is 5.75 Å². The van der Waals surface area contributed by atoms with Gasteiger partial charge in [0.25, 0.3) is 0 Å². The highest BCUT2D eigenvalue weighted by atomic mass is 16.5. The number of nitrogens with one attached hydrogen (secondary N) is 1. The summed E-state index contributed by atoms with van der Waals surface area (Å²) in [5.41, 5.74) is 2.40. The maximum absolute atomic E-state index is 9.27. The number of hydrogen-bond acceptors (Lipinski definition) is 3. The van der Waals surface area contributed by atoms with Crippen LogP contribution in [0.1, 0.15) is 25.0 Å². The Morgan fingerprint density at radius 1 is 1.33 bits per heavy atom. The molecule has 3 heteroatoms. The van der Waals surface area contributed by atoms with Crippen LogP contribution in [0.5, 0.6) is 5.75 Å². The molecule has 0 heterocycles. The van der Waals surface area contributed by atoms with E-state index in [0.29, 0.717) is 11.8 Å². The van der Waals surface area contributed by atoms with E-state index in [9.17, 15) is 5.11 Å². The van der Waals surface area contributed by atoms with Gasteiger partial charge in [-0.1, -0.05) is 31.5 Å². The molecule has 0 aliphatic carbocycles. The monoisotopic (exact) mass is 251 g/mol. The molecule has 1 aromatic rings. The number of aliphatic hydroxyl groups is 1. The topological polar surface area (TPSA) is 41.5 Å². The lowest BCUT2D eigenvalue weighted by molar-refractivity contribution is 0.186.